The van der Waals surface area contributed by atoms with E-state index in [1.807, 2.05) is 25.1 Å². The van der Waals surface area contributed by atoms with E-state index in [1.54, 1.807) is 17.8 Å². The van der Waals surface area contributed by atoms with Crippen LogP contribution in [0.1, 0.15) is 28.2 Å². The van der Waals surface area contributed by atoms with Crippen LogP contribution in [0.15, 0.2) is 30.3 Å². The molecule has 0 atom stereocenters. The molecule has 2 rings (SSSR count). The third-order valence-corrected chi connectivity index (χ3v) is 3.58. The molecular weight excluding hydrogens is 318 g/mol. The van der Waals surface area contributed by atoms with E-state index in [9.17, 15) is 4.79 Å². The molecule has 0 spiro atoms. The Morgan fingerprint density at radius 2 is 2.20 bits per heavy atom. The molecule has 1 heterocycles. The first-order valence-electron chi connectivity index (χ1n) is 6.57. The molecule has 106 valence electrons. The lowest BCUT2D eigenvalue weighted by Crippen LogP contribution is -2.16. The van der Waals surface area contributed by atoms with Crippen LogP contribution in [0, 0.1) is 6.92 Å². The van der Waals surface area contributed by atoms with Gasteiger partial charge in [0.05, 0.1) is 5.69 Å². The molecule has 4 nitrogen and oxygen atoms in total. The van der Waals surface area contributed by atoms with Gasteiger partial charge in [-0.15, -0.1) is 0 Å². The van der Waals surface area contributed by atoms with E-state index in [0.29, 0.717) is 5.69 Å². The van der Waals surface area contributed by atoms with Crippen molar-refractivity contribution < 1.29 is 4.79 Å². The average Bonchev–Trinajstić information content (AvgIpc) is 2.76. The minimum absolute atomic E-state index is 0.134. The van der Waals surface area contributed by atoms with Gasteiger partial charge in [0.15, 0.2) is 0 Å². The van der Waals surface area contributed by atoms with E-state index in [0.717, 1.165) is 29.6 Å². The van der Waals surface area contributed by atoms with Crippen molar-refractivity contribution in [2.24, 2.45) is 7.05 Å². The van der Waals surface area contributed by atoms with Gasteiger partial charge in [0, 0.05) is 18.1 Å². The van der Waals surface area contributed by atoms with Gasteiger partial charge in [0.2, 0.25) is 0 Å². The number of aromatic nitrogens is 2. The van der Waals surface area contributed by atoms with Gasteiger partial charge in [0.1, 0.15) is 5.69 Å². The van der Waals surface area contributed by atoms with E-state index in [1.165, 1.54) is 5.56 Å². The van der Waals surface area contributed by atoms with Crippen LogP contribution in [0.4, 0.5) is 5.69 Å². The number of nitrogens with zero attached hydrogens (tertiary/aromatic N) is 2. The molecule has 0 unspecified atom stereocenters. The number of anilines is 1. The van der Waals surface area contributed by atoms with E-state index >= 15 is 0 Å². The lowest BCUT2D eigenvalue weighted by Gasteiger charge is -2.07. The highest BCUT2D eigenvalue weighted by Crippen LogP contribution is 2.14. The first-order valence-corrected chi connectivity index (χ1v) is 7.69. The highest BCUT2D eigenvalue weighted by atomic mass is 79.9. The van der Waals surface area contributed by atoms with Gasteiger partial charge < -0.3 is 5.32 Å². The molecule has 1 amide bonds. The average molecular weight is 336 g/mol. The molecule has 0 aliphatic rings. The number of nitrogens with one attached hydrogen (secondary N) is 1. The molecule has 1 aromatic heterocycles. The molecule has 0 saturated carbocycles. The molecule has 2 aromatic rings. The van der Waals surface area contributed by atoms with Crippen molar-refractivity contribution in [2.75, 3.05) is 10.6 Å². The minimum Gasteiger partial charge on any atom is -0.321 e. The number of alkyl halides is 1. The quantitative estimate of drug-likeness (QED) is 0.852. The van der Waals surface area contributed by atoms with Crippen LogP contribution in [-0.4, -0.2) is 21.0 Å². The molecule has 1 aromatic carbocycles. The van der Waals surface area contributed by atoms with E-state index < -0.39 is 0 Å². The fourth-order valence-corrected chi connectivity index (χ4v) is 2.37. The molecule has 1 N–H and O–H groups in total. The fraction of sp³-hybridized carbons (Fsp3) is 0.333. The number of hydrogen-bond acceptors (Lipinski definition) is 2. The number of hydrogen-bond donors (Lipinski definition) is 1. The van der Waals surface area contributed by atoms with E-state index in [-0.39, 0.29) is 5.91 Å². The Hall–Kier alpha value is -1.62. The molecule has 5 heteroatoms. The summed E-state index contributed by atoms with van der Waals surface area (Å²) in [6.45, 7) is 1.87. The lowest BCUT2D eigenvalue weighted by atomic mass is 10.1. The number of rotatable bonds is 5. The summed E-state index contributed by atoms with van der Waals surface area (Å²) in [7, 11) is 1.77. The summed E-state index contributed by atoms with van der Waals surface area (Å²) >= 11 is 3.43. The summed E-state index contributed by atoms with van der Waals surface area (Å²) < 4.78 is 1.60. The van der Waals surface area contributed by atoms with Crippen molar-refractivity contribution in [1.82, 2.24) is 9.78 Å². The van der Waals surface area contributed by atoms with Crippen molar-refractivity contribution >= 4 is 27.5 Å². The molecule has 0 aliphatic heterocycles. The second-order valence-corrected chi connectivity index (χ2v) is 5.53. The number of amides is 1. The van der Waals surface area contributed by atoms with Crippen LogP contribution in [-0.2, 0) is 13.5 Å². The van der Waals surface area contributed by atoms with Crippen LogP contribution in [0.25, 0.3) is 0 Å². The molecular formula is C15H18BrN3O. The normalized spacial score (nSPS) is 10.6. The van der Waals surface area contributed by atoms with Crippen molar-refractivity contribution in [3.63, 3.8) is 0 Å². The summed E-state index contributed by atoms with van der Waals surface area (Å²) in [5, 5.41) is 8.08. The zero-order valence-electron chi connectivity index (χ0n) is 11.7. The Kier molecular flexibility index (Phi) is 4.95. The highest BCUT2D eigenvalue weighted by molar-refractivity contribution is 9.09. The second kappa shape index (κ2) is 6.70. The maximum Gasteiger partial charge on any atom is 0.273 e. The monoisotopic (exact) mass is 335 g/mol. The molecule has 0 fully saturated rings. The number of carbonyl (C=O) groups excluding carboxylic acids is 1. The Morgan fingerprint density at radius 3 is 2.85 bits per heavy atom. The molecule has 20 heavy (non-hydrogen) atoms. The van der Waals surface area contributed by atoms with Crippen LogP contribution in [0.3, 0.4) is 0 Å². The van der Waals surface area contributed by atoms with Gasteiger partial charge >= 0.3 is 0 Å². The molecule has 0 saturated heterocycles. The van der Waals surface area contributed by atoms with Crippen molar-refractivity contribution in [1.29, 1.82) is 0 Å². The van der Waals surface area contributed by atoms with E-state index in [4.69, 9.17) is 0 Å². The number of aryl methyl sites for hydroxylation is 3. The van der Waals surface area contributed by atoms with Gasteiger partial charge in [-0.2, -0.15) is 5.10 Å². The third kappa shape index (κ3) is 3.70. The van der Waals surface area contributed by atoms with Crippen LogP contribution < -0.4 is 5.32 Å². The van der Waals surface area contributed by atoms with Crippen molar-refractivity contribution in [2.45, 2.75) is 19.8 Å². The molecule has 0 radical (unpaired) electrons. The summed E-state index contributed by atoms with van der Waals surface area (Å²) in [5.41, 5.74) is 3.45. The topological polar surface area (TPSA) is 46.9 Å². The standard InChI is InChI=1S/C15H18BrN3O/c1-11-9-14(19(2)18-11)15(20)17-13-7-3-5-12(10-13)6-4-8-16/h3,5,7,9-10H,4,6,8H2,1-2H3,(H,17,20). The molecule has 0 aliphatic carbocycles. The summed E-state index contributed by atoms with van der Waals surface area (Å²) in [5.74, 6) is -0.134. The van der Waals surface area contributed by atoms with Crippen LogP contribution in [0.2, 0.25) is 0 Å². The number of halogens is 1. The summed E-state index contributed by atoms with van der Waals surface area (Å²) in [6.07, 6.45) is 2.08. The maximum absolute atomic E-state index is 12.2. The summed E-state index contributed by atoms with van der Waals surface area (Å²) in [6, 6.07) is 9.74. The lowest BCUT2D eigenvalue weighted by molar-refractivity contribution is 0.101. The Bertz CT molecular complexity index is 607. The first-order chi connectivity index (χ1) is 9.60. The first kappa shape index (κ1) is 14.8. The van der Waals surface area contributed by atoms with E-state index in [2.05, 4.69) is 32.4 Å². The predicted molar refractivity (Wildman–Crippen MR) is 84.5 cm³/mol. The maximum atomic E-state index is 12.2. The zero-order chi connectivity index (χ0) is 14.5. The van der Waals surface area contributed by atoms with Gasteiger partial charge in [0.25, 0.3) is 5.91 Å². The smallest absolute Gasteiger partial charge is 0.273 e. The van der Waals surface area contributed by atoms with Gasteiger partial charge in [-0.25, -0.2) is 0 Å². The SMILES string of the molecule is Cc1cc(C(=O)Nc2cccc(CCCBr)c2)n(C)n1. The fourth-order valence-electron chi connectivity index (χ4n) is 2.09. The summed E-state index contributed by atoms with van der Waals surface area (Å²) in [4.78, 5) is 12.2. The minimum atomic E-state index is -0.134. The predicted octanol–water partition coefficient (Wildman–Crippen LogP) is 3.31. The van der Waals surface area contributed by atoms with Crippen LogP contribution >= 0.6 is 15.9 Å². The van der Waals surface area contributed by atoms with Crippen molar-refractivity contribution in [3.8, 4) is 0 Å². The Morgan fingerprint density at radius 1 is 1.40 bits per heavy atom. The van der Waals surface area contributed by atoms with Gasteiger partial charge in [-0.3, -0.25) is 9.48 Å². The Balaban J connectivity index is 2.09. The highest BCUT2D eigenvalue weighted by Gasteiger charge is 2.11. The van der Waals surface area contributed by atoms with Gasteiger partial charge in [-0.1, -0.05) is 28.1 Å². The Labute approximate surface area is 127 Å². The molecule has 0 bridgehead atoms. The number of benzene rings is 1. The largest absolute Gasteiger partial charge is 0.321 e. The third-order valence-electron chi connectivity index (χ3n) is 3.02. The second-order valence-electron chi connectivity index (χ2n) is 4.74. The van der Waals surface area contributed by atoms with Crippen molar-refractivity contribution in [3.05, 3.63) is 47.3 Å². The zero-order valence-corrected chi connectivity index (χ0v) is 13.3. The number of carbonyl (C=O) groups is 1. The van der Waals surface area contributed by atoms with Gasteiger partial charge in [-0.05, 0) is 43.5 Å². The van der Waals surface area contributed by atoms with Crippen LogP contribution in [0.5, 0.6) is 0 Å².